The number of rotatable bonds is 13. The Hall–Kier alpha value is 0.580. The van der Waals surface area contributed by atoms with Crippen molar-refractivity contribution in [3.05, 3.63) is 42.2 Å². The van der Waals surface area contributed by atoms with E-state index in [4.69, 9.17) is 9.47 Å². The van der Waals surface area contributed by atoms with Crippen molar-refractivity contribution in [3.8, 4) is 22.6 Å². The molecule has 2 fully saturated rings. The van der Waals surface area contributed by atoms with Crippen LogP contribution in [0.5, 0.6) is 11.5 Å². The number of hydrogen-bond acceptors (Lipinski definition) is 6. The summed E-state index contributed by atoms with van der Waals surface area (Å²) in [7, 11) is 0. The quantitative estimate of drug-likeness (QED) is 0.210. The molecule has 40 heavy (non-hydrogen) atoms. The van der Waals surface area contributed by atoms with Gasteiger partial charge in [-0.05, 0) is 125 Å². The minimum Gasteiger partial charge on any atom is -0.488 e. The standard InChI is InChI=1S/C30H38Br4O4S2/c31-25-11-19(12-26(32)29(25)37-15-21(35)17-39-23-7-3-1-4-8-23)20-13-27(33)30(28(34)14-20)38-16-22(36)18-40-24-9-5-2-6-10-24/h11-14,21-24,35-36H,1-10,15-18H2. The molecule has 0 spiro atoms. The van der Waals surface area contributed by atoms with Gasteiger partial charge in [0.2, 0.25) is 0 Å². The third kappa shape index (κ3) is 10.3. The van der Waals surface area contributed by atoms with Gasteiger partial charge in [0.25, 0.3) is 0 Å². The Balaban J connectivity index is 1.31. The highest BCUT2D eigenvalue weighted by Gasteiger charge is 2.20. The summed E-state index contributed by atoms with van der Waals surface area (Å²) in [6, 6.07) is 8.07. The molecule has 2 atom stereocenters. The van der Waals surface area contributed by atoms with Gasteiger partial charge >= 0.3 is 0 Å². The molecule has 0 bridgehead atoms. The fraction of sp³-hybridized carbons (Fsp3) is 0.600. The van der Waals surface area contributed by atoms with Crippen molar-refractivity contribution in [3.63, 3.8) is 0 Å². The summed E-state index contributed by atoms with van der Waals surface area (Å²) in [6.45, 7) is 0.509. The summed E-state index contributed by atoms with van der Waals surface area (Å²) >= 11 is 18.4. The van der Waals surface area contributed by atoms with Crippen LogP contribution in [0.1, 0.15) is 64.2 Å². The number of aliphatic hydroxyl groups excluding tert-OH is 2. The van der Waals surface area contributed by atoms with Gasteiger partial charge < -0.3 is 19.7 Å². The summed E-state index contributed by atoms with van der Waals surface area (Å²) in [5.74, 6) is 2.77. The molecule has 2 aliphatic carbocycles. The first-order valence-corrected chi connectivity index (χ1v) is 19.4. The third-order valence-electron chi connectivity index (χ3n) is 7.32. The summed E-state index contributed by atoms with van der Waals surface area (Å²) < 4.78 is 15.3. The van der Waals surface area contributed by atoms with Crippen molar-refractivity contribution in [2.75, 3.05) is 24.7 Å². The summed E-state index contributed by atoms with van der Waals surface area (Å²) in [5, 5.41) is 22.3. The van der Waals surface area contributed by atoms with Crippen molar-refractivity contribution < 1.29 is 19.7 Å². The predicted octanol–water partition coefficient (Wildman–Crippen LogP) is 10.0. The molecule has 0 amide bonds. The molecule has 4 nitrogen and oxygen atoms in total. The predicted molar refractivity (Wildman–Crippen MR) is 184 cm³/mol. The Morgan fingerprint density at radius 3 is 1.25 bits per heavy atom. The van der Waals surface area contributed by atoms with Crippen LogP contribution in [0.2, 0.25) is 0 Å². The van der Waals surface area contributed by atoms with Crippen LogP contribution in [-0.4, -0.2) is 57.6 Å². The molecule has 2 saturated carbocycles. The first kappa shape index (κ1) is 33.5. The lowest BCUT2D eigenvalue weighted by Crippen LogP contribution is -2.22. The Morgan fingerprint density at radius 1 is 0.600 bits per heavy atom. The van der Waals surface area contributed by atoms with Crippen molar-refractivity contribution >= 4 is 87.2 Å². The average Bonchev–Trinajstić information content (AvgIpc) is 2.95. The van der Waals surface area contributed by atoms with Gasteiger partial charge in [0.15, 0.2) is 0 Å². The highest BCUT2D eigenvalue weighted by atomic mass is 79.9. The van der Waals surface area contributed by atoms with Crippen LogP contribution in [0, 0.1) is 0 Å². The second-order valence-corrected chi connectivity index (χ2v) is 16.7. The zero-order valence-electron chi connectivity index (χ0n) is 22.6. The molecule has 0 aliphatic heterocycles. The van der Waals surface area contributed by atoms with Crippen LogP contribution in [0.3, 0.4) is 0 Å². The Bertz CT molecular complexity index is 962. The van der Waals surface area contributed by atoms with Crippen LogP contribution < -0.4 is 9.47 Å². The van der Waals surface area contributed by atoms with E-state index in [1.807, 2.05) is 47.8 Å². The van der Waals surface area contributed by atoms with Crippen LogP contribution in [0.25, 0.3) is 11.1 Å². The van der Waals surface area contributed by atoms with Gasteiger partial charge in [-0.3, -0.25) is 0 Å². The first-order valence-electron chi connectivity index (χ1n) is 14.1. The van der Waals surface area contributed by atoms with Gasteiger partial charge in [0, 0.05) is 22.0 Å². The van der Waals surface area contributed by atoms with Gasteiger partial charge in [-0.25, -0.2) is 0 Å². The molecule has 2 aromatic rings. The molecule has 2 N–H and O–H groups in total. The minimum atomic E-state index is -0.505. The van der Waals surface area contributed by atoms with E-state index in [-0.39, 0.29) is 13.2 Å². The molecular formula is C30H38Br4O4S2. The van der Waals surface area contributed by atoms with Crippen molar-refractivity contribution in [1.82, 2.24) is 0 Å². The maximum absolute atomic E-state index is 10.5. The molecule has 4 rings (SSSR count). The lowest BCUT2D eigenvalue weighted by atomic mass is 10.0. The summed E-state index contributed by atoms with van der Waals surface area (Å²) in [5.41, 5.74) is 1.99. The fourth-order valence-corrected chi connectivity index (χ4v) is 10.5. The monoisotopic (exact) mass is 842 g/mol. The van der Waals surface area contributed by atoms with Gasteiger partial charge in [-0.1, -0.05) is 38.5 Å². The van der Waals surface area contributed by atoms with E-state index in [0.717, 1.165) is 29.0 Å². The number of thioether (sulfide) groups is 2. The molecule has 2 aromatic carbocycles. The zero-order valence-corrected chi connectivity index (χ0v) is 30.5. The smallest absolute Gasteiger partial charge is 0.147 e. The Kier molecular flexibility index (Phi) is 14.4. The maximum Gasteiger partial charge on any atom is 0.147 e. The molecule has 0 saturated heterocycles. The van der Waals surface area contributed by atoms with Crippen LogP contribution in [0.15, 0.2) is 42.2 Å². The first-order chi connectivity index (χ1) is 19.3. The van der Waals surface area contributed by atoms with Gasteiger partial charge in [-0.2, -0.15) is 23.5 Å². The van der Waals surface area contributed by atoms with Crippen LogP contribution in [-0.2, 0) is 0 Å². The SMILES string of the molecule is OC(COc1c(Br)cc(-c2cc(Br)c(OCC(O)CSC3CCCCC3)c(Br)c2)cc1Br)CSC1CCCCC1. The van der Waals surface area contributed by atoms with E-state index in [1.165, 1.54) is 64.2 Å². The van der Waals surface area contributed by atoms with E-state index >= 15 is 0 Å². The molecule has 0 radical (unpaired) electrons. The van der Waals surface area contributed by atoms with E-state index in [2.05, 4.69) is 63.7 Å². The molecule has 0 aromatic heterocycles. The normalized spacial score (nSPS) is 18.4. The topological polar surface area (TPSA) is 58.9 Å². The van der Waals surface area contributed by atoms with Gasteiger partial charge in [0.05, 0.1) is 30.1 Å². The number of aliphatic hydroxyl groups is 2. The molecular weight excluding hydrogens is 808 g/mol. The third-order valence-corrected chi connectivity index (χ3v) is 12.7. The molecule has 2 aliphatic rings. The second-order valence-electron chi connectivity index (χ2n) is 10.7. The number of benzene rings is 2. The minimum absolute atomic E-state index is 0.254. The summed E-state index contributed by atoms with van der Waals surface area (Å²) in [4.78, 5) is 0. The van der Waals surface area contributed by atoms with E-state index in [9.17, 15) is 10.2 Å². The number of ether oxygens (including phenoxy) is 2. The lowest BCUT2D eigenvalue weighted by Gasteiger charge is -2.22. The van der Waals surface area contributed by atoms with Gasteiger partial charge in [-0.15, -0.1) is 0 Å². The van der Waals surface area contributed by atoms with E-state index in [0.29, 0.717) is 33.5 Å². The Labute approximate surface area is 281 Å². The zero-order chi connectivity index (χ0) is 28.5. The molecule has 0 heterocycles. The van der Waals surface area contributed by atoms with E-state index in [1.54, 1.807) is 0 Å². The average molecular weight is 846 g/mol. The van der Waals surface area contributed by atoms with Crippen molar-refractivity contribution in [2.24, 2.45) is 0 Å². The fourth-order valence-electron chi connectivity index (χ4n) is 5.14. The van der Waals surface area contributed by atoms with Crippen molar-refractivity contribution in [1.29, 1.82) is 0 Å². The molecule has 2 unspecified atom stereocenters. The highest BCUT2D eigenvalue weighted by molar-refractivity contribution is 9.11. The second kappa shape index (κ2) is 17.2. The maximum atomic E-state index is 10.5. The molecule has 222 valence electrons. The van der Waals surface area contributed by atoms with E-state index < -0.39 is 12.2 Å². The number of halogens is 4. The largest absolute Gasteiger partial charge is 0.488 e. The van der Waals surface area contributed by atoms with Crippen molar-refractivity contribution in [2.45, 2.75) is 86.9 Å². The lowest BCUT2D eigenvalue weighted by molar-refractivity contribution is 0.125. The highest BCUT2D eigenvalue weighted by Crippen LogP contribution is 2.42. The van der Waals surface area contributed by atoms with Gasteiger partial charge in [0.1, 0.15) is 24.7 Å². The van der Waals surface area contributed by atoms with Crippen LogP contribution in [0.4, 0.5) is 0 Å². The summed E-state index contributed by atoms with van der Waals surface area (Å²) in [6.07, 6.45) is 12.0. The van der Waals surface area contributed by atoms with Crippen LogP contribution >= 0.6 is 87.2 Å². The number of hydrogen-bond donors (Lipinski definition) is 2. The molecule has 10 heteroatoms. The Morgan fingerprint density at radius 2 is 0.925 bits per heavy atom.